The summed E-state index contributed by atoms with van der Waals surface area (Å²) in [5, 5.41) is 2.61. The van der Waals surface area contributed by atoms with Crippen molar-refractivity contribution < 1.29 is 18.0 Å². The number of carbonyl (C=O) groups excluding carboxylic acids is 2. The molecule has 0 bridgehead atoms. The molecule has 0 radical (unpaired) electrons. The van der Waals surface area contributed by atoms with Crippen LogP contribution in [0.4, 0.5) is 5.69 Å². The molecule has 0 saturated carbocycles. The summed E-state index contributed by atoms with van der Waals surface area (Å²) >= 11 is 0. The van der Waals surface area contributed by atoms with Crippen molar-refractivity contribution in [1.29, 1.82) is 0 Å². The normalized spacial score (nSPS) is 13.3. The van der Waals surface area contributed by atoms with Crippen LogP contribution in [0.15, 0.2) is 41.7 Å². The maximum Gasteiger partial charge on any atom is 0.286 e. The molecule has 1 aliphatic rings. The van der Waals surface area contributed by atoms with Crippen LogP contribution in [0.25, 0.3) is 0 Å². The molecule has 0 fully saturated rings. The zero-order valence-corrected chi connectivity index (χ0v) is 12.4. The smallest absolute Gasteiger partial charge is 0.286 e. The molecule has 118 valence electrons. The number of benzene rings is 1. The molecule has 23 heavy (non-hydrogen) atoms. The second-order valence-electron chi connectivity index (χ2n) is 4.69. The highest BCUT2D eigenvalue weighted by Crippen LogP contribution is 2.25. The largest absolute Gasteiger partial charge is 0.326 e. The predicted molar refractivity (Wildman–Crippen MR) is 78.6 cm³/mol. The van der Waals surface area contributed by atoms with E-state index in [1.807, 2.05) is 4.83 Å². The number of nitrogens with one attached hydrogen (secondary N) is 3. The van der Waals surface area contributed by atoms with Crippen LogP contribution in [0, 0.1) is 0 Å². The first-order chi connectivity index (χ1) is 11.0. The van der Waals surface area contributed by atoms with E-state index in [1.165, 1.54) is 36.8 Å². The third-order valence-corrected chi connectivity index (χ3v) is 4.35. The standard InChI is InChI=1S/C13H11N5O4S/c19-12-6-8-5-9(1-2-10(8)16-12)23(21,22)18-17-13(20)11-7-14-3-4-15-11/h1-5,7,18H,6H2,(H,16,19)(H,17,20). The van der Waals surface area contributed by atoms with Crippen LogP contribution in [0.5, 0.6) is 0 Å². The summed E-state index contributed by atoms with van der Waals surface area (Å²) in [6, 6.07) is 4.21. The van der Waals surface area contributed by atoms with E-state index in [0.29, 0.717) is 11.3 Å². The van der Waals surface area contributed by atoms with E-state index in [0.717, 1.165) is 0 Å². The van der Waals surface area contributed by atoms with Crippen LogP contribution >= 0.6 is 0 Å². The monoisotopic (exact) mass is 333 g/mol. The molecule has 0 atom stereocenters. The Labute approximate surface area is 131 Å². The molecular formula is C13H11N5O4S. The molecule has 2 amide bonds. The third kappa shape index (κ3) is 3.17. The highest BCUT2D eigenvalue weighted by Gasteiger charge is 2.22. The van der Waals surface area contributed by atoms with Gasteiger partial charge in [0.05, 0.1) is 17.5 Å². The van der Waals surface area contributed by atoms with Gasteiger partial charge in [-0.1, -0.05) is 0 Å². The first-order valence-corrected chi connectivity index (χ1v) is 7.95. The summed E-state index contributed by atoms with van der Waals surface area (Å²) in [5.41, 5.74) is 3.19. The number of aromatic nitrogens is 2. The van der Waals surface area contributed by atoms with Crippen LogP contribution in [0.3, 0.4) is 0 Å². The lowest BCUT2D eigenvalue weighted by Gasteiger charge is -2.09. The van der Waals surface area contributed by atoms with Gasteiger partial charge in [0.15, 0.2) is 0 Å². The fraction of sp³-hybridized carbons (Fsp3) is 0.0769. The molecule has 1 aromatic heterocycles. The van der Waals surface area contributed by atoms with Crippen LogP contribution in [0.1, 0.15) is 16.1 Å². The van der Waals surface area contributed by atoms with Crippen molar-refractivity contribution >= 4 is 27.5 Å². The van der Waals surface area contributed by atoms with Crippen molar-refractivity contribution in [3.8, 4) is 0 Å². The first kappa shape index (κ1) is 15.1. The van der Waals surface area contributed by atoms with Gasteiger partial charge in [0.2, 0.25) is 5.91 Å². The minimum Gasteiger partial charge on any atom is -0.326 e. The second kappa shape index (κ2) is 5.74. The summed E-state index contributed by atoms with van der Waals surface area (Å²) in [5.74, 6) is -0.932. The van der Waals surface area contributed by atoms with Crippen molar-refractivity contribution in [3.05, 3.63) is 48.0 Å². The first-order valence-electron chi connectivity index (χ1n) is 6.47. The van der Waals surface area contributed by atoms with Gasteiger partial charge in [-0.2, -0.15) is 0 Å². The van der Waals surface area contributed by atoms with E-state index in [2.05, 4.69) is 20.7 Å². The van der Waals surface area contributed by atoms with E-state index < -0.39 is 15.9 Å². The Morgan fingerprint density at radius 1 is 1.26 bits per heavy atom. The molecule has 9 nitrogen and oxygen atoms in total. The van der Waals surface area contributed by atoms with Crippen molar-refractivity contribution in [1.82, 2.24) is 20.2 Å². The Morgan fingerprint density at radius 3 is 2.83 bits per heavy atom. The average Bonchev–Trinajstić information content (AvgIpc) is 2.92. The molecule has 2 aromatic rings. The topological polar surface area (TPSA) is 130 Å². The van der Waals surface area contributed by atoms with Crippen molar-refractivity contribution in [2.75, 3.05) is 5.32 Å². The van der Waals surface area contributed by atoms with Crippen molar-refractivity contribution in [2.45, 2.75) is 11.3 Å². The maximum atomic E-state index is 12.2. The van der Waals surface area contributed by atoms with Gasteiger partial charge in [-0.25, -0.2) is 13.4 Å². The fourth-order valence-electron chi connectivity index (χ4n) is 2.03. The van der Waals surface area contributed by atoms with Gasteiger partial charge in [0.25, 0.3) is 15.9 Å². The summed E-state index contributed by atoms with van der Waals surface area (Å²) in [4.78, 5) is 32.4. The van der Waals surface area contributed by atoms with Crippen LogP contribution < -0.4 is 15.6 Å². The van der Waals surface area contributed by atoms with Crippen LogP contribution in [-0.2, 0) is 21.2 Å². The minimum atomic E-state index is -3.97. The Balaban J connectivity index is 1.74. The molecule has 1 aliphatic heterocycles. The number of anilines is 1. The SMILES string of the molecule is O=C1Cc2cc(S(=O)(=O)NNC(=O)c3cnccn3)ccc2N1. The summed E-state index contributed by atoms with van der Waals surface area (Å²) < 4.78 is 24.4. The molecular weight excluding hydrogens is 322 g/mol. The number of hydrogen-bond acceptors (Lipinski definition) is 6. The van der Waals surface area contributed by atoms with Gasteiger partial charge in [0.1, 0.15) is 5.69 Å². The number of nitrogens with zero attached hydrogens (tertiary/aromatic N) is 2. The van der Waals surface area contributed by atoms with Gasteiger partial charge in [-0.15, -0.1) is 4.83 Å². The van der Waals surface area contributed by atoms with Crippen molar-refractivity contribution in [2.24, 2.45) is 0 Å². The van der Waals surface area contributed by atoms with Gasteiger partial charge in [0, 0.05) is 18.1 Å². The van der Waals surface area contributed by atoms with Gasteiger partial charge in [-0.05, 0) is 23.8 Å². The number of amides is 2. The number of hydrogen-bond donors (Lipinski definition) is 3. The zero-order chi connectivity index (χ0) is 16.4. The number of hydrazine groups is 1. The molecule has 0 spiro atoms. The van der Waals surface area contributed by atoms with Crippen molar-refractivity contribution in [3.63, 3.8) is 0 Å². The van der Waals surface area contributed by atoms with E-state index in [4.69, 9.17) is 0 Å². The number of sulfonamides is 1. The fourth-order valence-corrected chi connectivity index (χ4v) is 2.92. The maximum absolute atomic E-state index is 12.2. The number of fused-ring (bicyclic) bond motifs is 1. The lowest BCUT2D eigenvalue weighted by atomic mass is 10.2. The van der Waals surface area contributed by atoms with Crippen LogP contribution in [-0.4, -0.2) is 30.2 Å². The predicted octanol–water partition coefficient (Wildman–Crippen LogP) is -0.405. The molecule has 10 heteroatoms. The third-order valence-electron chi connectivity index (χ3n) is 3.11. The van der Waals surface area contributed by atoms with E-state index >= 15 is 0 Å². The molecule has 0 aliphatic carbocycles. The van der Waals surface area contributed by atoms with Gasteiger partial charge in [-0.3, -0.25) is 20.0 Å². The van der Waals surface area contributed by atoms with E-state index in [9.17, 15) is 18.0 Å². The lowest BCUT2D eigenvalue weighted by molar-refractivity contribution is -0.115. The lowest BCUT2D eigenvalue weighted by Crippen LogP contribution is -2.41. The molecule has 1 aromatic carbocycles. The molecule has 3 rings (SSSR count). The highest BCUT2D eigenvalue weighted by molar-refractivity contribution is 7.89. The molecule has 0 unspecified atom stereocenters. The average molecular weight is 333 g/mol. The van der Waals surface area contributed by atoms with E-state index in [-0.39, 0.29) is 22.9 Å². The molecule has 3 N–H and O–H groups in total. The summed E-state index contributed by atoms with van der Waals surface area (Å²) in [6.45, 7) is 0. The summed E-state index contributed by atoms with van der Waals surface area (Å²) in [6.07, 6.45) is 4.02. The van der Waals surface area contributed by atoms with Gasteiger partial charge < -0.3 is 5.32 Å². The van der Waals surface area contributed by atoms with Gasteiger partial charge >= 0.3 is 0 Å². The zero-order valence-electron chi connectivity index (χ0n) is 11.6. The van der Waals surface area contributed by atoms with Crippen LogP contribution in [0.2, 0.25) is 0 Å². The number of rotatable bonds is 4. The summed E-state index contributed by atoms with van der Waals surface area (Å²) in [7, 11) is -3.97. The molecule has 0 saturated heterocycles. The Morgan fingerprint density at radius 2 is 2.09 bits per heavy atom. The quantitative estimate of drug-likeness (QED) is 0.652. The molecule has 2 heterocycles. The Kier molecular flexibility index (Phi) is 3.76. The Bertz CT molecular complexity index is 882. The number of carbonyl (C=O) groups is 2. The highest BCUT2D eigenvalue weighted by atomic mass is 32.2. The Hall–Kier alpha value is -2.85. The van der Waals surface area contributed by atoms with E-state index in [1.54, 1.807) is 0 Å². The minimum absolute atomic E-state index is 0.0287. The second-order valence-corrected chi connectivity index (χ2v) is 6.38.